The Kier molecular flexibility index (Phi) is 5.49. The minimum atomic E-state index is -0.933. The first-order valence-electron chi connectivity index (χ1n) is 9.83. The third-order valence-corrected chi connectivity index (χ3v) is 5.67. The number of aromatic nitrogens is 1. The number of ether oxygens (including phenoxy) is 1. The van der Waals surface area contributed by atoms with Crippen molar-refractivity contribution in [2.75, 3.05) is 20.2 Å². The molecule has 1 aromatic heterocycles. The van der Waals surface area contributed by atoms with E-state index in [1.807, 2.05) is 36.4 Å². The van der Waals surface area contributed by atoms with Gasteiger partial charge in [0, 0.05) is 43.9 Å². The highest BCUT2D eigenvalue weighted by atomic mass is 16.6. The number of amides is 1. The van der Waals surface area contributed by atoms with Crippen molar-refractivity contribution in [3.8, 4) is 5.75 Å². The van der Waals surface area contributed by atoms with Gasteiger partial charge in [0.15, 0.2) is 0 Å². The minimum Gasteiger partial charge on any atom is -0.497 e. The van der Waals surface area contributed by atoms with Crippen LogP contribution in [-0.2, 0) is 21.7 Å². The fourth-order valence-electron chi connectivity index (χ4n) is 3.87. The summed E-state index contributed by atoms with van der Waals surface area (Å²) in [6.07, 6.45) is 4.91. The molecule has 0 radical (unpaired) electrons. The summed E-state index contributed by atoms with van der Waals surface area (Å²) >= 11 is 0. The lowest BCUT2D eigenvalue weighted by Crippen LogP contribution is -2.48. The van der Waals surface area contributed by atoms with Gasteiger partial charge in [-0.1, -0.05) is 23.4 Å². The third-order valence-electron chi connectivity index (χ3n) is 5.67. The molecule has 4 rings (SSSR count). The number of rotatable bonds is 5. The lowest BCUT2D eigenvalue weighted by atomic mass is 9.85. The second kappa shape index (κ2) is 8.21. The van der Waals surface area contributed by atoms with Crippen molar-refractivity contribution >= 4 is 11.6 Å². The van der Waals surface area contributed by atoms with E-state index in [2.05, 4.69) is 10.1 Å². The van der Waals surface area contributed by atoms with Crippen LogP contribution in [-0.4, -0.2) is 52.9 Å². The summed E-state index contributed by atoms with van der Waals surface area (Å²) in [5.41, 5.74) is 1.82. The fraction of sp³-hybridized carbons (Fsp3) is 0.409. The summed E-state index contributed by atoms with van der Waals surface area (Å²) < 4.78 is 5.17. The van der Waals surface area contributed by atoms with Gasteiger partial charge in [-0.3, -0.25) is 9.78 Å². The fourth-order valence-corrected chi connectivity index (χ4v) is 3.87. The first kappa shape index (κ1) is 19.4. The average molecular weight is 395 g/mol. The molecule has 0 spiro atoms. The maximum absolute atomic E-state index is 12.8. The zero-order valence-electron chi connectivity index (χ0n) is 16.5. The van der Waals surface area contributed by atoms with Crippen LogP contribution in [0.4, 0.5) is 0 Å². The van der Waals surface area contributed by atoms with E-state index in [0.29, 0.717) is 38.8 Å². The van der Waals surface area contributed by atoms with Crippen molar-refractivity contribution in [3.63, 3.8) is 0 Å². The van der Waals surface area contributed by atoms with Gasteiger partial charge in [-0.05, 0) is 36.6 Å². The molecule has 2 aliphatic heterocycles. The van der Waals surface area contributed by atoms with E-state index < -0.39 is 11.7 Å². The van der Waals surface area contributed by atoms with Crippen LogP contribution in [0.25, 0.3) is 0 Å². The molecule has 152 valence electrons. The number of benzene rings is 1. The van der Waals surface area contributed by atoms with E-state index in [-0.39, 0.29) is 5.91 Å². The number of pyridine rings is 1. The van der Waals surface area contributed by atoms with E-state index in [9.17, 15) is 9.90 Å². The molecule has 29 heavy (non-hydrogen) atoms. The van der Waals surface area contributed by atoms with E-state index >= 15 is 0 Å². The number of carbonyl (C=O) groups is 1. The highest BCUT2D eigenvalue weighted by Crippen LogP contribution is 2.33. The molecule has 2 aromatic rings. The summed E-state index contributed by atoms with van der Waals surface area (Å²) in [7, 11) is 1.64. The zero-order valence-corrected chi connectivity index (χ0v) is 16.5. The number of carbonyl (C=O) groups excluding carboxylic acids is 1. The third kappa shape index (κ3) is 4.24. The number of hydrogen-bond acceptors (Lipinski definition) is 6. The molecule has 1 aromatic carbocycles. The molecule has 7 heteroatoms. The van der Waals surface area contributed by atoms with Crippen molar-refractivity contribution in [1.29, 1.82) is 0 Å². The predicted octanol–water partition coefficient (Wildman–Crippen LogP) is 2.29. The number of hydrogen-bond donors (Lipinski definition) is 1. The molecule has 1 N–H and O–H groups in total. The number of oxime groups is 1. The Morgan fingerprint density at radius 3 is 2.69 bits per heavy atom. The van der Waals surface area contributed by atoms with E-state index in [0.717, 1.165) is 22.6 Å². The van der Waals surface area contributed by atoms with Gasteiger partial charge < -0.3 is 19.6 Å². The van der Waals surface area contributed by atoms with Crippen LogP contribution in [0.2, 0.25) is 0 Å². The van der Waals surface area contributed by atoms with Gasteiger partial charge >= 0.3 is 0 Å². The standard InChI is InChI=1S/C22H25N3O4/c1-28-19-6-4-16(5-7-19)13-18-14-20(29-24-18)21(26)25-11-8-22(27,9-12-25)17-3-2-10-23-15-17/h2-7,10,15,20,27H,8-9,11-14H2,1H3. The Morgan fingerprint density at radius 2 is 2.03 bits per heavy atom. The highest BCUT2D eigenvalue weighted by molar-refractivity contribution is 5.94. The van der Waals surface area contributed by atoms with Crippen LogP contribution in [0.3, 0.4) is 0 Å². The molecule has 1 amide bonds. The molecular weight excluding hydrogens is 370 g/mol. The molecule has 2 aliphatic rings. The van der Waals surface area contributed by atoms with Crippen molar-refractivity contribution in [2.45, 2.75) is 37.4 Å². The Balaban J connectivity index is 1.30. The van der Waals surface area contributed by atoms with Gasteiger partial charge in [0.05, 0.1) is 18.4 Å². The topological polar surface area (TPSA) is 84.2 Å². The van der Waals surface area contributed by atoms with Crippen LogP contribution in [0.15, 0.2) is 53.9 Å². The lowest BCUT2D eigenvalue weighted by Gasteiger charge is -2.38. The molecule has 0 bridgehead atoms. The summed E-state index contributed by atoms with van der Waals surface area (Å²) in [4.78, 5) is 24.1. The lowest BCUT2D eigenvalue weighted by molar-refractivity contribution is -0.146. The van der Waals surface area contributed by atoms with Gasteiger partial charge in [0.1, 0.15) is 5.75 Å². The molecule has 3 heterocycles. The van der Waals surface area contributed by atoms with Crippen molar-refractivity contribution in [1.82, 2.24) is 9.88 Å². The van der Waals surface area contributed by atoms with Gasteiger partial charge in [-0.25, -0.2) is 0 Å². The Morgan fingerprint density at radius 1 is 1.28 bits per heavy atom. The van der Waals surface area contributed by atoms with Crippen molar-refractivity contribution < 1.29 is 19.5 Å². The minimum absolute atomic E-state index is 0.0632. The van der Waals surface area contributed by atoms with Crippen molar-refractivity contribution in [3.05, 3.63) is 59.9 Å². The molecule has 1 atom stereocenters. The molecule has 1 unspecified atom stereocenters. The van der Waals surface area contributed by atoms with Gasteiger partial charge in [0.25, 0.3) is 5.91 Å². The van der Waals surface area contributed by atoms with Crippen LogP contribution in [0.1, 0.15) is 30.4 Å². The number of likely N-dealkylation sites (tertiary alicyclic amines) is 1. The monoisotopic (exact) mass is 395 g/mol. The molecule has 7 nitrogen and oxygen atoms in total. The first-order chi connectivity index (χ1) is 14.1. The van der Waals surface area contributed by atoms with E-state index in [1.54, 1.807) is 24.4 Å². The molecule has 0 aliphatic carbocycles. The number of nitrogens with zero attached hydrogens (tertiary/aromatic N) is 3. The summed E-state index contributed by atoms with van der Waals surface area (Å²) in [6, 6.07) is 11.5. The Hall–Kier alpha value is -2.93. The zero-order chi connectivity index (χ0) is 20.3. The van der Waals surface area contributed by atoms with E-state index in [1.165, 1.54) is 0 Å². The smallest absolute Gasteiger partial charge is 0.266 e. The van der Waals surface area contributed by atoms with Crippen LogP contribution >= 0.6 is 0 Å². The molecule has 1 saturated heterocycles. The molecular formula is C22H25N3O4. The quantitative estimate of drug-likeness (QED) is 0.840. The second-order valence-corrected chi connectivity index (χ2v) is 7.58. The first-order valence-corrected chi connectivity index (χ1v) is 9.83. The summed E-state index contributed by atoms with van der Waals surface area (Å²) in [5, 5.41) is 15.0. The van der Waals surface area contributed by atoms with Crippen LogP contribution in [0.5, 0.6) is 5.75 Å². The normalized spacial score (nSPS) is 20.7. The number of aliphatic hydroxyl groups is 1. The SMILES string of the molecule is COc1ccc(CC2=NOC(C(=O)N3CCC(O)(c4cccnc4)CC3)C2)cc1. The Labute approximate surface area is 170 Å². The predicted molar refractivity (Wildman–Crippen MR) is 108 cm³/mol. The van der Waals surface area contributed by atoms with Crippen LogP contribution in [0, 0.1) is 0 Å². The summed E-state index contributed by atoms with van der Waals surface area (Å²) in [5.74, 6) is 0.745. The summed E-state index contributed by atoms with van der Waals surface area (Å²) in [6.45, 7) is 0.968. The van der Waals surface area contributed by atoms with Crippen LogP contribution < -0.4 is 4.74 Å². The van der Waals surface area contributed by atoms with Gasteiger partial charge in [-0.15, -0.1) is 0 Å². The number of methoxy groups -OCH3 is 1. The Bertz CT molecular complexity index is 875. The maximum atomic E-state index is 12.8. The average Bonchev–Trinajstić information content (AvgIpc) is 3.23. The van der Waals surface area contributed by atoms with E-state index in [4.69, 9.17) is 9.57 Å². The highest BCUT2D eigenvalue weighted by Gasteiger charge is 2.39. The molecule has 1 fully saturated rings. The van der Waals surface area contributed by atoms with Gasteiger partial charge in [0.2, 0.25) is 6.10 Å². The maximum Gasteiger partial charge on any atom is 0.266 e. The van der Waals surface area contributed by atoms with Gasteiger partial charge in [-0.2, -0.15) is 0 Å². The van der Waals surface area contributed by atoms with Crippen molar-refractivity contribution in [2.24, 2.45) is 5.16 Å². The largest absolute Gasteiger partial charge is 0.497 e. The number of piperidine rings is 1. The molecule has 0 saturated carbocycles. The second-order valence-electron chi connectivity index (χ2n) is 7.58.